The molecule has 6 rings (SSSR count). The molecule has 1 aromatic rings. The highest BCUT2D eigenvalue weighted by molar-refractivity contribution is 9.11. The predicted molar refractivity (Wildman–Crippen MR) is 97.7 cm³/mol. The van der Waals surface area contributed by atoms with E-state index in [1.807, 2.05) is 0 Å². The van der Waals surface area contributed by atoms with Crippen LogP contribution in [-0.4, -0.2) is 28.1 Å². The van der Waals surface area contributed by atoms with E-state index in [1.165, 1.54) is 6.21 Å². The van der Waals surface area contributed by atoms with E-state index in [2.05, 4.69) is 49.1 Å². The number of rotatable bonds is 2. The third-order valence-electron chi connectivity index (χ3n) is 6.00. The van der Waals surface area contributed by atoms with Crippen LogP contribution in [0.2, 0.25) is 0 Å². The van der Waals surface area contributed by atoms with Gasteiger partial charge in [0.05, 0.1) is 27.0 Å². The second kappa shape index (κ2) is 5.27. The van der Waals surface area contributed by atoms with Gasteiger partial charge in [-0.1, -0.05) is 12.2 Å². The SMILES string of the molecule is O=C1[C@@H]2[C@H]3C=C[C@@H]([C@@H]4C[C@@H]34)[C@H]2C(=O)N1N=Cc1cc(Br)c(O)c(Br)c1. The summed E-state index contributed by atoms with van der Waals surface area (Å²) in [5.74, 6) is 0.853. The third kappa shape index (κ3) is 2.15. The molecule has 1 aliphatic heterocycles. The Labute approximate surface area is 161 Å². The summed E-state index contributed by atoms with van der Waals surface area (Å²) in [7, 11) is 0. The molecular weight excluding hydrogens is 452 g/mol. The molecule has 2 saturated carbocycles. The first-order chi connectivity index (χ1) is 12.0. The van der Waals surface area contributed by atoms with Gasteiger partial charge < -0.3 is 5.11 Å². The molecule has 4 aliphatic carbocycles. The molecule has 25 heavy (non-hydrogen) atoms. The van der Waals surface area contributed by atoms with Crippen LogP contribution in [0.15, 0.2) is 38.3 Å². The van der Waals surface area contributed by atoms with Crippen molar-refractivity contribution in [2.75, 3.05) is 0 Å². The molecule has 0 unspecified atom stereocenters. The number of hydrogen-bond acceptors (Lipinski definition) is 4. The lowest BCUT2D eigenvalue weighted by molar-refractivity contribution is -0.140. The molecule has 6 atom stereocenters. The number of allylic oxidation sites excluding steroid dienone is 2. The second-order valence-corrected chi connectivity index (χ2v) is 8.93. The fraction of sp³-hybridized carbons (Fsp3) is 0.389. The highest BCUT2D eigenvalue weighted by atomic mass is 79.9. The van der Waals surface area contributed by atoms with Crippen molar-refractivity contribution in [1.29, 1.82) is 0 Å². The van der Waals surface area contributed by atoms with Crippen LogP contribution in [-0.2, 0) is 9.59 Å². The zero-order chi connectivity index (χ0) is 17.5. The fourth-order valence-electron chi connectivity index (χ4n) is 4.84. The summed E-state index contributed by atoms with van der Waals surface area (Å²) < 4.78 is 1.02. The highest BCUT2D eigenvalue weighted by Crippen LogP contribution is 2.65. The molecule has 2 amide bonds. The molecule has 1 N–H and O–H groups in total. The van der Waals surface area contributed by atoms with E-state index < -0.39 is 0 Å². The normalized spacial score (nSPS) is 37.8. The van der Waals surface area contributed by atoms with Gasteiger partial charge in [0.25, 0.3) is 11.8 Å². The summed E-state index contributed by atoms with van der Waals surface area (Å²) in [5.41, 5.74) is 0.677. The van der Waals surface area contributed by atoms with E-state index in [-0.39, 0.29) is 41.2 Å². The van der Waals surface area contributed by atoms with Crippen LogP contribution in [0.4, 0.5) is 0 Å². The predicted octanol–water partition coefficient (Wildman–Crippen LogP) is 3.30. The number of hydrogen-bond donors (Lipinski definition) is 1. The molecule has 1 aromatic carbocycles. The van der Waals surface area contributed by atoms with Gasteiger partial charge in [0.2, 0.25) is 0 Å². The first kappa shape index (κ1) is 15.8. The van der Waals surface area contributed by atoms with Crippen LogP contribution in [0.1, 0.15) is 12.0 Å². The lowest BCUT2D eigenvalue weighted by Gasteiger charge is -2.37. The maximum Gasteiger partial charge on any atom is 0.254 e. The highest BCUT2D eigenvalue weighted by Gasteiger charge is 2.67. The molecule has 128 valence electrons. The van der Waals surface area contributed by atoms with Crippen molar-refractivity contribution in [3.63, 3.8) is 0 Å². The lowest BCUT2D eigenvalue weighted by Crippen LogP contribution is -2.40. The molecule has 5 aliphatic rings. The van der Waals surface area contributed by atoms with Gasteiger partial charge in [0.15, 0.2) is 0 Å². The second-order valence-electron chi connectivity index (χ2n) is 7.22. The molecule has 2 bridgehead atoms. The van der Waals surface area contributed by atoms with Crippen LogP contribution in [0.5, 0.6) is 5.75 Å². The molecule has 0 radical (unpaired) electrons. The van der Waals surface area contributed by atoms with Crippen LogP contribution >= 0.6 is 31.9 Å². The van der Waals surface area contributed by atoms with E-state index in [9.17, 15) is 14.7 Å². The monoisotopic (exact) mass is 464 g/mol. The van der Waals surface area contributed by atoms with E-state index >= 15 is 0 Å². The van der Waals surface area contributed by atoms with Gasteiger partial charge in [-0.3, -0.25) is 9.59 Å². The van der Waals surface area contributed by atoms with Crippen LogP contribution in [0.25, 0.3) is 0 Å². The van der Waals surface area contributed by atoms with Crippen LogP contribution in [0.3, 0.4) is 0 Å². The fourth-order valence-corrected chi connectivity index (χ4v) is 6.06. The van der Waals surface area contributed by atoms with Gasteiger partial charge in [-0.25, -0.2) is 0 Å². The number of phenolic OH excluding ortho intramolecular Hbond substituents is 1. The van der Waals surface area contributed by atoms with Crippen molar-refractivity contribution in [3.8, 4) is 5.75 Å². The number of imide groups is 1. The number of amides is 2. The molecule has 5 nitrogen and oxygen atoms in total. The maximum absolute atomic E-state index is 12.8. The topological polar surface area (TPSA) is 70.0 Å². The van der Waals surface area contributed by atoms with E-state index in [0.29, 0.717) is 26.3 Å². The van der Waals surface area contributed by atoms with Gasteiger partial charge in [0, 0.05) is 0 Å². The Balaban J connectivity index is 1.45. The minimum atomic E-state index is -0.235. The number of phenols is 1. The molecule has 1 saturated heterocycles. The largest absolute Gasteiger partial charge is 0.506 e. The van der Waals surface area contributed by atoms with Gasteiger partial charge in [0.1, 0.15) is 5.75 Å². The first-order valence-corrected chi connectivity index (χ1v) is 9.84. The number of nitrogens with zero attached hydrogens (tertiary/aromatic N) is 2. The van der Waals surface area contributed by atoms with Gasteiger partial charge in [-0.15, -0.1) is 0 Å². The van der Waals surface area contributed by atoms with Crippen molar-refractivity contribution in [2.24, 2.45) is 40.6 Å². The van der Waals surface area contributed by atoms with Crippen molar-refractivity contribution in [2.45, 2.75) is 6.42 Å². The molecule has 3 fully saturated rings. The van der Waals surface area contributed by atoms with Crippen molar-refractivity contribution >= 4 is 49.9 Å². The summed E-state index contributed by atoms with van der Waals surface area (Å²) >= 11 is 6.52. The zero-order valence-corrected chi connectivity index (χ0v) is 16.1. The average Bonchev–Trinajstić information content (AvgIpc) is 3.37. The zero-order valence-electron chi connectivity index (χ0n) is 13.0. The van der Waals surface area contributed by atoms with Crippen LogP contribution in [0, 0.1) is 35.5 Å². The van der Waals surface area contributed by atoms with E-state index in [4.69, 9.17) is 0 Å². The summed E-state index contributed by atoms with van der Waals surface area (Å²) in [6, 6.07) is 3.37. The van der Waals surface area contributed by atoms with E-state index in [1.54, 1.807) is 12.1 Å². The Morgan fingerprint density at radius 3 is 2.08 bits per heavy atom. The Hall–Kier alpha value is -1.47. The Morgan fingerprint density at radius 1 is 1.04 bits per heavy atom. The summed E-state index contributed by atoms with van der Waals surface area (Å²) in [5, 5.41) is 15.0. The van der Waals surface area contributed by atoms with Crippen molar-refractivity contribution in [1.82, 2.24) is 5.01 Å². The number of carbonyl (C=O) groups excluding carboxylic acids is 2. The Bertz CT molecular complexity index is 822. The number of aromatic hydroxyl groups is 1. The molecule has 1 heterocycles. The van der Waals surface area contributed by atoms with Crippen LogP contribution < -0.4 is 0 Å². The smallest absolute Gasteiger partial charge is 0.254 e. The van der Waals surface area contributed by atoms with Crippen molar-refractivity contribution in [3.05, 3.63) is 38.8 Å². The maximum atomic E-state index is 12.8. The summed E-state index contributed by atoms with van der Waals surface area (Å²) in [6.45, 7) is 0. The number of hydrazone groups is 1. The van der Waals surface area contributed by atoms with E-state index in [0.717, 1.165) is 11.4 Å². The molecule has 0 spiro atoms. The number of benzene rings is 1. The standard InChI is InChI=1S/C18H14Br2N2O3/c19-12-3-7(4-13(20)16(12)23)6-21-22-17(24)14-8-1-2-9(11-5-10(8)11)15(14)18(22)25/h1-4,6,8-11,14-15,23H,5H2/t8-,9-,10-,11-,14+,15+/m0/s1. The Kier molecular flexibility index (Phi) is 3.32. The average molecular weight is 466 g/mol. The lowest BCUT2D eigenvalue weighted by atomic mass is 9.63. The molecular formula is C18H14Br2N2O3. The summed E-state index contributed by atoms with van der Waals surface area (Å²) in [4.78, 5) is 25.6. The Morgan fingerprint density at radius 2 is 1.56 bits per heavy atom. The van der Waals surface area contributed by atoms with Gasteiger partial charge in [-0.2, -0.15) is 10.1 Å². The minimum absolute atomic E-state index is 0.0957. The van der Waals surface area contributed by atoms with Crippen molar-refractivity contribution < 1.29 is 14.7 Å². The van der Waals surface area contributed by atoms with Gasteiger partial charge >= 0.3 is 0 Å². The number of halogens is 2. The molecule has 7 heteroatoms. The first-order valence-electron chi connectivity index (χ1n) is 8.25. The number of carbonyl (C=O) groups is 2. The molecule has 0 aromatic heterocycles. The third-order valence-corrected chi connectivity index (χ3v) is 7.21. The quantitative estimate of drug-likeness (QED) is 0.414. The van der Waals surface area contributed by atoms with Gasteiger partial charge in [-0.05, 0) is 79.6 Å². The minimum Gasteiger partial charge on any atom is -0.506 e. The summed E-state index contributed by atoms with van der Waals surface area (Å²) in [6.07, 6.45) is 6.92.